The topological polar surface area (TPSA) is 57.6 Å². The molecule has 0 spiro atoms. The fourth-order valence-corrected chi connectivity index (χ4v) is 2.68. The lowest BCUT2D eigenvalue weighted by molar-refractivity contribution is -0.131. The van der Waals surface area contributed by atoms with Crippen LogP contribution in [0.4, 0.5) is 0 Å². The van der Waals surface area contributed by atoms with E-state index in [1.165, 1.54) is 6.08 Å². The van der Waals surface area contributed by atoms with Crippen LogP contribution < -0.4 is 0 Å². The van der Waals surface area contributed by atoms with E-state index in [4.69, 9.17) is 5.11 Å². The first kappa shape index (κ1) is 15.3. The number of nitrogens with zero attached hydrogens (tertiary/aromatic N) is 1. The van der Waals surface area contributed by atoms with Gasteiger partial charge in [-0.2, -0.15) is 0 Å². The Hall–Kier alpha value is -2.10. The van der Waals surface area contributed by atoms with E-state index in [0.29, 0.717) is 5.56 Å². The van der Waals surface area contributed by atoms with Gasteiger partial charge in [-0.15, -0.1) is 0 Å². The maximum absolute atomic E-state index is 12.5. The highest BCUT2D eigenvalue weighted by Gasteiger charge is 2.29. The van der Waals surface area contributed by atoms with Crippen LogP contribution in [0.3, 0.4) is 0 Å². The summed E-state index contributed by atoms with van der Waals surface area (Å²) in [5, 5.41) is 8.59. The number of carbonyl (C=O) groups excluding carboxylic acids is 1. The molecule has 112 valence electrons. The summed E-state index contributed by atoms with van der Waals surface area (Å²) in [6, 6.07) is 7.04. The van der Waals surface area contributed by atoms with Crippen LogP contribution in [0.1, 0.15) is 42.6 Å². The number of benzene rings is 1. The molecule has 1 N–H and O–H groups in total. The minimum absolute atomic E-state index is 0.0524. The van der Waals surface area contributed by atoms with Crippen LogP contribution in [0.15, 0.2) is 30.3 Å². The second-order valence-corrected chi connectivity index (χ2v) is 6.29. The Morgan fingerprint density at radius 1 is 1.24 bits per heavy atom. The maximum Gasteiger partial charge on any atom is 0.328 e. The molecule has 0 aromatic heterocycles. The zero-order chi connectivity index (χ0) is 15.5. The van der Waals surface area contributed by atoms with Crippen molar-refractivity contribution in [2.75, 3.05) is 13.1 Å². The standard InChI is InChI=1S/C17H21NO3/c1-17(2)10-3-11-18(12-17)16(21)14-7-4-13(5-8-14)6-9-15(19)20/h4-9H,3,10-12H2,1-2H3,(H,19,20). The molecule has 1 fully saturated rings. The molecular weight excluding hydrogens is 266 g/mol. The van der Waals surface area contributed by atoms with Gasteiger partial charge in [0.05, 0.1) is 0 Å². The molecule has 0 bridgehead atoms. The van der Waals surface area contributed by atoms with Crippen molar-refractivity contribution in [3.05, 3.63) is 41.5 Å². The highest BCUT2D eigenvalue weighted by Crippen LogP contribution is 2.29. The lowest BCUT2D eigenvalue weighted by Crippen LogP contribution is -2.43. The Morgan fingerprint density at radius 2 is 1.90 bits per heavy atom. The largest absolute Gasteiger partial charge is 0.478 e. The predicted octanol–water partition coefficient (Wildman–Crippen LogP) is 3.05. The molecule has 1 aromatic rings. The summed E-state index contributed by atoms with van der Waals surface area (Å²) in [6.45, 7) is 5.97. The minimum Gasteiger partial charge on any atom is -0.478 e. The van der Waals surface area contributed by atoms with Crippen LogP contribution in [-0.4, -0.2) is 35.0 Å². The Kier molecular flexibility index (Phi) is 4.46. The number of rotatable bonds is 3. The predicted molar refractivity (Wildman–Crippen MR) is 82.0 cm³/mol. The van der Waals surface area contributed by atoms with Crippen LogP contribution in [0.5, 0.6) is 0 Å². The molecule has 1 saturated heterocycles. The van der Waals surface area contributed by atoms with E-state index >= 15 is 0 Å². The van der Waals surface area contributed by atoms with Crippen LogP contribution in [-0.2, 0) is 4.79 Å². The van der Waals surface area contributed by atoms with Crippen LogP contribution >= 0.6 is 0 Å². The van der Waals surface area contributed by atoms with Gasteiger partial charge >= 0.3 is 5.97 Å². The molecule has 1 aromatic carbocycles. The van der Waals surface area contributed by atoms with Gasteiger partial charge in [0.15, 0.2) is 0 Å². The van der Waals surface area contributed by atoms with Crippen molar-refractivity contribution in [2.45, 2.75) is 26.7 Å². The first-order chi connectivity index (χ1) is 9.87. The van der Waals surface area contributed by atoms with Crippen molar-refractivity contribution in [2.24, 2.45) is 5.41 Å². The molecule has 4 nitrogen and oxygen atoms in total. The number of piperidine rings is 1. The van der Waals surface area contributed by atoms with Crippen molar-refractivity contribution in [3.63, 3.8) is 0 Å². The van der Waals surface area contributed by atoms with Crippen molar-refractivity contribution in [1.29, 1.82) is 0 Å². The van der Waals surface area contributed by atoms with Gasteiger partial charge in [-0.3, -0.25) is 4.79 Å². The molecule has 2 rings (SSSR count). The molecule has 0 unspecified atom stereocenters. The van der Waals surface area contributed by atoms with Gasteiger partial charge in [-0.05, 0) is 42.0 Å². The molecule has 1 aliphatic rings. The Bertz CT molecular complexity index is 558. The first-order valence-electron chi connectivity index (χ1n) is 7.18. The number of hydrogen-bond acceptors (Lipinski definition) is 2. The zero-order valence-corrected chi connectivity index (χ0v) is 12.5. The van der Waals surface area contributed by atoms with Gasteiger partial charge < -0.3 is 10.0 Å². The number of carbonyl (C=O) groups is 2. The molecule has 1 heterocycles. The van der Waals surface area contributed by atoms with Gasteiger partial charge in [0, 0.05) is 24.7 Å². The third-order valence-electron chi connectivity index (χ3n) is 3.76. The van der Waals surface area contributed by atoms with Crippen molar-refractivity contribution >= 4 is 18.0 Å². The van der Waals surface area contributed by atoms with E-state index in [0.717, 1.165) is 37.6 Å². The summed E-state index contributed by atoms with van der Waals surface area (Å²) in [6.07, 6.45) is 4.79. The Balaban J connectivity index is 2.08. The summed E-state index contributed by atoms with van der Waals surface area (Å²) in [7, 11) is 0. The number of likely N-dealkylation sites (tertiary alicyclic amines) is 1. The highest BCUT2D eigenvalue weighted by atomic mass is 16.4. The van der Waals surface area contributed by atoms with E-state index in [1.807, 2.05) is 4.90 Å². The van der Waals surface area contributed by atoms with Crippen LogP contribution in [0, 0.1) is 5.41 Å². The van der Waals surface area contributed by atoms with Crippen LogP contribution in [0.25, 0.3) is 6.08 Å². The first-order valence-corrected chi connectivity index (χ1v) is 7.18. The molecule has 1 amide bonds. The summed E-state index contributed by atoms with van der Waals surface area (Å²) in [5.41, 5.74) is 1.60. The van der Waals surface area contributed by atoms with Crippen molar-refractivity contribution < 1.29 is 14.7 Å². The van der Waals surface area contributed by atoms with E-state index in [1.54, 1.807) is 24.3 Å². The maximum atomic E-state index is 12.5. The monoisotopic (exact) mass is 287 g/mol. The third-order valence-corrected chi connectivity index (χ3v) is 3.76. The average Bonchev–Trinajstić information content (AvgIpc) is 2.44. The summed E-state index contributed by atoms with van der Waals surface area (Å²) < 4.78 is 0. The highest BCUT2D eigenvalue weighted by molar-refractivity contribution is 5.94. The van der Waals surface area contributed by atoms with Gasteiger partial charge in [-0.25, -0.2) is 4.79 Å². The number of hydrogen-bond donors (Lipinski definition) is 1. The summed E-state index contributed by atoms with van der Waals surface area (Å²) in [5.74, 6) is -0.928. The molecule has 1 aliphatic heterocycles. The molecule has 0 saturated carbocycles. The van der Waals surface area contributed by atoms with Crippen molar-refractivity contribution in [1.82, 2.24) is 4.90 Å². The molecule has 0 atom stereocenters. The Labute approximate surface area is 125 Å². The fourth-order valence-electron chi connectivity index (χ4n) is 2.68. The number of aliphatic carboxylic acids is 1. The van der Waals surface area contributed by atoms with E-state index < -0.39 is 5.97 Å². The SMILES string of the molecule is CC1(C)CCCN(C(=O)c2ccc(C=CC(=O)O)cc2)C1. The normalized spacial score (nSPS) is 17.9. The number of amides is 1. The third kappa shape index (κ3) is 4.18. The van der Waals surface area contributed by atoms with Gasteiger partial charge in [0.25, 0.3) is 5.91 Å². The van der Waals surface area contributed by atoms with E-state index in [-0.39, 0.29) is 11.3 Å². The second-order valence-electron chi connectivity index (χ2n) is 6.29. The fraction of sp³-hybridized carbons (Fsp3) is 0.412. The molecular formula is C17H21NO3. The Morgan fingerprint density at radius 3 is 2.48 bits per heavy atom. The smallest absolute Gasteiger partial charge is 0.328 e. The van der Waals surface area contributed by atoms with Crippen molar-refractivity contribution in [3.8, 4) is 0 Å². The molecule has 21 heavy (non-hydrogen) atoms. The molecule has 4 heteroatoms. The molecule has 0 aliphatic carbocycles. The number of carboxylic acids is 1. The molecule has 0 radical (unpaired) electrons. The summed E-state index contributed by atoms with van der Waals surface area (Å²) >= 11 is 0. The van der Waals surface area contributed by atoms with Gasteiger partial charge in [0.1, 0.15) is 0 Å². The quantitative estimate of drug-likeness (QED) is 0.869. The van der Waals surface area contributed by atoms with Gasteiger partial charge in [-0.1, -0.05) is 26.0 Å². The average molecular weight is 287 g/mol. The lowest BCUT2D eigenvalue weighted by atomic mass is 9.84. The lowest BCUT2D eigenvalue weighted by Gasteiger charge is -2.38. The van der Waals surface area contributed by atoms with Gasteiger partial charge in [0.2, 0.25) is 0 Å². The zero-order valence-electron chi connectivity index (χ0n) is 12.5. The van der Waals surface area contributed by atoms with E-state index in [9.17, 15) is 9.59 Å². The second kappa shape index (κ2) is 6.12. The number of carboxylic acid groups (broad SMARTS) is 1. The summed E-state index contributed by atoms with van der Waals surface area (Å²) in [4.78, 5) is 24.9. The minimum atomic E-state index is -0.981. The van der Waals surface area contributed by atoms with Crippen LogP contribution in [0.2, 0.25) is 0 Å². The van der Waals surface area contributed by atoms with E-state index in [2.05, 4.69) is 13.8 Å².